The summed E-state index contributed by atoms with van der Waals surface area (Å²) in [6, 6.07) is 10.3. The van der Waals surface area contributed by atoms with Crippen LogP contribution in [0.15, 0.2) is 48.5 Å². The Hall–Kier alpha value is -5.13. The third-order valence-corrected chi connectivity index (χ3v) is 5.76. The molecule has 0 aliphatic rings. The number of amides is 5. The minimum atomic E-state index is -1.36. The van der Waals surface area contributed by atoms with Gasteiger partial charge in [0.15, 0.2) is 0 Å². The number of hydroxylamine groups is 1. The van der Waals surface area contributed by atoms with Crippen LogP contribution in [0.5, 0.6) is 0 Å². The molecule has 0 aromatic heterocycles. The van der Waals surface area contributed by atoms with E-state index in [-0.39, 0.29) is 18.5 Å². The highest BCUT2D eigenvalue weighted by Gasteiger charge is 2.26. The van der Waals surface area contributed by atoms with E-state index in [1.165, 1.54) is 24.5 Å². The number of ether oxygens (including phenoxy) is 1. The van der Waals surface area contributed by atoms with Gasteiger partial charge in [0.25, 0.3) is 11.8 Å². The van der Waals surface area contributed by atoms with Crippen LogP contribution in [0.1, 0.15) is 62.0 Å². The number of nitrogens with one attached hydrogen (secondary N) is 5. The molecule has 44 heavy (non-hydrogen) atoms. The Kier molecular flexibility index (Phi) is 13.1. The summed E-state index contributed by atoms with van der Waals surface area (Å²) >= 11 is 0. The first kappa shape index (κ1) is 35.1. The van der Waals surface area contributed by atoms with Crippen LogP contribution in [-0.4, -0.2) is 75.7 Å². The molecule has 0 heterocycles. The van der Waals surface area contributed by atoms with Gasteiger partial charge in [-0.1, -0.05) is 11.8 Å². The second-order valence-electron chi connectivity index (χ2n) is 10.6. The number of anilines is 1. The molecule has 3 atom stereocenters. The van der Waals surface area contributed by atoms with Crippen LogP contribution in [0.25, 0.3) is 0 Å². The predicted molar refractivity (Wildman–Crippen MR) is 159 cm³/mol. The fraction of sp³-hybridized carbons (Fsp3) is 0.367. The summed E-state index contributed by atoms with van der Waals surface area (Å²) in [6.45, 7) is 6.68. The molecule has 2 rings (SSSR count). The van der Waals surface area contributed by atoms with Gasteiger partial charge in [0.2, 0.25) is 5.91 Å². The van der Waals surface area contributed by atoms with Crippen LogP contribution in [-0.2, 0) is 14.3 Å². The van der Waals surface area contributed by atoms with Crippen molar-refractivity contribution in [1.29, 1.82) is 0 Å². The van der Waals surface area contributed by atoms with Gasteiger partial charge in [-0.05, 0) is 89.1 Å². The summed E-state index contributed by atoms with van der Waals surface area (Å²) in [7, 11) is 0. The molecule has 0 saturated carbocycles. The highest BCUT2D eigenvalue weighted by atomic mass is 16.6. The first-order valence-electron chi connectivity index (χ1n) is 13.6. The Morgan fingerprint density at radius 1 is 0.886 bits per heavy atom. The molecule has 1 unspecified atom stereocenters. The van der Waals surface area contributed by atoms with Gasteiger partial charge in [0.05, 0.1) is 6.10 Å². The van der Waals surface area contributed by atoms with Gasteiger partial charge >= 0.3 is 12.2 Å². The minimum Gasteiger partial charge on any atom is -0.465 e. The van der Waals surface area contributed by atoms with Crippen molar-refractivity contribution in [2.75, 3.05) is 11.9 Å². The Balaban J connectivity index is 1.95. The summed E-state index contributed by atoms with van der Waals surface area (Å²) < 4.78 is 5.14. The number of carbonyl (C=O) groups is 5. The average Bonchev–Trinajstić information content (AvgIpc) is 2.95. The zero-order valence-corrected chi connectivity index (χ0v) is 24.8. The van der Waals surface area contributed by atoms with E-state index in [0.29, 0.717) is 23.2 Å². The van der Waals surface area contributed by atoms with E-state index in [2.05, 4.69) is 33.1 Å². The molecule has 0 saturated heterocycles. The lowest BCUT2D eigenvalue weighted by molar-refractivity contribution is -0.133. The summed E-state index contributed by atoms with van der Waals surface area (Å²) in [5, 5.41) is 37.3. The number of aliphatic hydroxyl groups excluding tert-OH is 1. The van der Waals surface area contributed by atoms with Crippen molar-refractivity contribution >= 4 is 35.6 Å². The standard InChI is InChI=1S/C30H37N5O9/c1-18(36)24(27(39)35-43)34-25(37)21-13-9-19(10-14-21)7-8-20-11-15-22(16-12-20)32-26(38)23(33-28(40)41)6-5-17-31-29(42)44-30(2,3)4/h9-16,18,23-24,33,36,43H,5-6,17H2,1-4H3,(H,31,42)(H,32,38)(H,34,37)(H,35,39)(H,40,41)/t18-,23?,24+/m1/s1. The van der Waals surface area contributed by atoms with Gasteiger partial charge < -0.3 is 36.2 Å². The Bertz CT molecular complexity index is 1370. The van der Waals surface area contributed by atoms with E-state index in [1.807, 2.05) is 0 Å². The van der Waals surface area contributed by atoms with Gasteiger partial charge in [-0.2, -0.15) is 0 Å². The molecule has 0 aliphatic heterocycles. The van der Waals surface area contributed by atoms with Crippen LogP contribution < -0.4 is 26.7 Å². The number of carboxylic acid groups (broad SMARTS) is 1. The zero-order chi connectivity index (χ0) is 32.9. The molecule has 0 bridgehead atoms. The maximum absolute atomic E-state index is 12.7. The van der Waals surface area contributed by atoms with Crippen LogP contribution in [0.4, 0.5) is 15.3 Å². The molecular formula is C30H37N5O9. The normalized spacial score (nSPS) is 12.7. The maximum atomic E-state index is 12.7. The largest absolute Gasteiger partial charge is 0.465 e. The van der Waals surface area contributed by atoms with Gasteiger partial charge in [0, 0.05) is 28.9 Å². The monoisotopic (exact) mass is 611 g/mol. The van der Waals surface area contributed by atoms with Crippen molar-refractivity contribution in [1.82, 2.24) is 21.4 Å². The number of benzene rings is 2. The lowest BCUT2D eigenvalue weighted by atomic mass is 10.1. The molecule has 0 fully saturated rings. The van der Waals surface area contributed by atoms with E-state index < -0.39 is 53.7 Å². The fourth-order valence-electron chi connectivity index (χ4n) is 3.64. The van der Waals surface area contributed by atoms with E-state index in [0.717, 1.165) is 0 Å². The molecule has 2 aromatic carbocycles. The Morgan fingerprint density at radius 3 is 1.95 bits per heavy atom. The average molecular weight is 612 g/mol. The summed E-state index contributed by atoms with van der Waals surface area (Å²) in [5.74, 6) is 3.75. The molecule has 14 heteroatoms. The highest BCUT2D eigenvalue weighted by molar-refractivity contribution is 5.98. The second kappa shape index (κ2) is 16.5. The van der Waals surface area contributed by atoms with Crippen LogP contribution >= 0.6 is 0 Å². The molecule has 0 radical (unpaired) electrons. The van der Waals surface area contributed by atoms with Crippen molar-refractivity contribution < 1.29 is 44.1 Å². The van der Waals surface area contributed by atoms with Gasteiger partial charge in [-0.25, -0.2) is 15.1 Å². The third-order valence-electron chi connectivity index (χ3n) is 5.76. The lowest BCUT2D eigenvalue weighted by Crippen LogP contribution is -2.51. The molecule has 8 N–H and O–H groups in total. The quantitative estimate of drug-likeness (QED) is 0.0805. The molecule has 236 valence electrons. The summed E-state index contributed by atoms with van der Waals surface area (Å²) in [5.41, 5.74) is 2.58. The first-order valence-corrected chi connectivity index (χ1v) is 13.6. The highest BCUT2D eigenvalue weighted by Crippen LogP contribution is 2.12. The number of carbonyl (C=O) groups excluding carboxylic acids is 4. The smallest absolute Gasteiger partial charge is 0.407 e. The zero-order valence-electron chi connectivity index (χ0n) is 24.8. The molecule has 14 nitrogen and oxygen atoms in total. The second-order valence-corrected chi connectivity index (χ2v) is 10.6. The minimum absolute atomic E-state index is 0.136. The Labute approximate surface area is 254 Å². The molecule has 0 aliphatic carbocycles. The van der Waals surface area contributed by atoms with Crippen molar-refractivity contribution in [2.24, 2.45) is 0 Å². The van der Waals surface area contributed by atoms with Crippen LogP contribution in [0.3, 0.4) is 0 Å². The van der Waals surface area contributed by atoms with Crippen molar-refractivity contribution in [3.63, 3.8) is 0 Å². The topological polar surface area (TPSA) is 215 Å². The van der Waals surface area contributed by atoms with Gasteiger partial charge in [-0.15, -0.1) is 0 Å². The van der Waals surface area contributed by atoms with E-state index in [1.54, 1.807) is 57.2 Å². The number of hydrogen-bond acceptors (Lipinski definition) is 8. The summed E-state index contributed by atoms with van der Waals surface area (Å²) in [4.78, 5) is 59.7. The van der Waals surface area contributed by atoms with E-state index >= 15 is 0 Å². The van der Waals surface area contributed by atoms with Crippen LogP contribution in [0, 0.1) is 11.8 Å². The van der Waals surface area contributed by atoms with Crippen LogP contribution in [0.2, 0.25) is 0 Å². The van der Waals surface area contributed by atoms with Crippen molar-refractivity contribution in [2.45, 2.75) is 64.3 Å². The summed E-state index contributed by atoms with van der Waals surface area (Å²) in [6.07, 6.45) is -2.75. The van der Waals surface area contributed by atoms with Crippen molar-refractivity contribution in [3.05, 3.63) is 65.2 Å². The molecule has 2 aromatic rings. The van der Waals surface area contributed by atoms with E-state index in [9.17, 15) is 29.1 Å². The predicted octanol–water partition coefficient (Wildman–Crippen LogP) is 1.95. The molecular weight excluding hydrogens is 574 g/mol. The van der Waals surface area contributed by atoms with E-state index in [4.69, 9.17) is 15.1 Å². The number of aliphatic hydroxyl groups is 1. The maximum Gasteiger partial charge on any atom is 0.407 e. The third kappa shape index (κ3) is 12.4. The number of rotatable bonds is 11. The first-order chi connectivity index (χ1) is 20.7. The van der Waals surface area contributed by atoms with Gasteiger partial charge in [-0.3, -0.25) is 19.6 Å². The number of hydrogen-bond donors (Lipinski definition) is 8. The lowest BCUT2D eigenvalue weighted by Gasteiger charge is -2.20. The Morgan fingerprint density at radius 2 is 1.45 bits per heavy atom. The van der Waals surface area contributed by atoms with Gasteiger partial charge in [0.1, 0.15) is 17.7 Å². The molecule has 0 spiro atoms. The number of alkyl carbamates (subject to hydrolysis) is 1. The SMILES string of the molecule is C[C@@H](O)[C@H](NC(=O)c1ccc(C#Cc2ccc(NC(=O)C(CCCNC(=O)OC(C)(C)C)NC(=O)O)cc2)cc1)C(=O)NO. The van der Waals surface area contributed by atoms with Crippen molar-refractivity contribution in [3.8, 4) is 11.8 Å². The molecule has 5 amide bonds. The fourth-order valence-corrected chi connectivity index (χ4v) is 3.64.